The number of nitrogens with one attached hydrogen (secondary N) is 12. The largest absolute Gasteiger partial charge is 0.497 e. The van der Waals surface area contributed by atoms with Gasteiger partial charge >= 0.3 is 0 Å². The van der Waals surface area contributed by atoms with Gasteiger partial charge in [0.1, 0.15) is 34.8 Å². The molecular weight excluding hydrogens is 1950 g/mol. The Morgan fingerprint density at radius 1 is 0.331 bits per heavy atom. The van der Waals surface area contributed by atoms with Crippen LogP contribution in [0.5, 0.6) is 5.75 Å². The summed E-state index contributed by atoms with van der Waals surface area (Å²) in [6.45, 7) is 17.6. The van der Waals surface area contributed by atoms with Crippen LogP contribution in [0.3, 0.4) is 0 Å². The molecule has 5 aromatic carbocycles. The van der Waals surface area contributed by atoms with Crippen molar-refractivity contribution in [2.45, 2.75) is 305 Å². The van der Waals surface area contributed by atoms with Crippen molar-refractivity contribution in [1.82, 2.24) is 78.5 Å². The van der Waals surface area contributed by atoms with Gasteiger partial charge in [-0.25, -0.2) is 22.0 Å². The van der Waals surface area contributed by atoms with Crippen molar-refractivity contribution < 1.29 is 79.4 Å². The number of carbonyl (C=O) groups excluding carboxylic acids is 10. The molecule has 0 aliphatic heterocycles. The van der Waals surface area contributed by atoms with Crippen LogP contribution in [-0.4, -0.2) is 239 Å². The third-order valence-corrected chi connectivity index (χ3v) is 32.3. The molecule has 9 aliphatic rings. The van der Waals surface area contributed by atoms with Crippen molar-refractivity contribution in [2.75, 3.05) is 107 Å². The Hall–Kier alpha value is -8.83. The highest BCUT2D eigenvalue weighted by molar-refractivity contribution is 6.32. The summed E-state index contributed by atoms with van der Waals surface area (Å²) < 4.78 is 77.3. The zero-order valence-corrected chi connectivity index (χ0v) is 89.5. The smallest absolute Gasteiger partial charge is 0.251 e. The summed E-state index contributed by atoms with van der Waals surface area (Å²) >= 11 is 23.2. The molecule has 0 atom stereocenters. The Bertz CT molecular complexity index is 4910. The second-order valence-electron chi connectivity index (χ2n) is 43.3. The Morgan fingerprint density at radius 2 is 0.566 bits per heavy atom. The van der Waals surface area contributed by atoms with E-state index < -0.39 is 29.1 Å². The fraction of sp³-hybridized carbons (Fsp3) is 0.633. The fourth-order valence-corrected chi connectivity index (χ4v) is 21.4. The number of methoxy groups -OCH3 is 2. The van der Waals surface area contributed by atoms with E-state index in [1.54, 1.807) is 19.1 Å². The molecule has 0 radical (unpaired) electrons. The van der Waals surface area contributed by atoms with Crippen molar-refractivity contribution in [3.8, 4) is 5.75 Å². The molecule has 12 N–H and O–H groups in total. The highest BCUT2D eigenvalue weighted by Gasteiger charge is 2.42. The van der Waals surface area contributed by atoms with Gasteiger partial charge < -0.3 is 88.0 Å². The minimum Gasteiger partial charge on any atom is -0.497 e. The number of halogens is 9. The van der Waals surface area contributed by atoms with Crippen LogP contribution in [-0.2, 0) is 28.7 Å². The monoisotopic (exact) mass is 2100 g/mol. The van der Waals surface area contributed by atoms with Crippen LogP contribution in [0, 0.1) is 58.7 Å². The SMILES string of the molecule is CC1(NC(=O)CNC2CCC(CNC(=O)c3cc(F)cc(Cl)c3)CC2)CCC1.CC1(NC(=O)CNC2CCC(CNC(=O)c3cc(F)cc(Cl)c3)CC2)CCC1.CN(C(=O)CNC1CCC(CNC(=O)c2cc(F)cc(Cl)c2)CC1)C1(C)CCC1.COCC(C)(C)N(C)C(=O)CNC1CCC(CNC(=O)c2cc(F)cc(Cl)c2)CC1.COc1cc(F)cc(C(=O)NCC2CCC(NCC(=O)N(C)C3(C)CCC3)CC2)c1. The van der Waals surface area contributed by atoms with Gasteiger partial charge in [0.05, 0.1) is 52.0 Å². The highest BCUT2D eigenvalue weighted by atomic mass is 35.5. The van der Waals surface area contributed by atoms with Crippen LogP contribution in [0.25, 0.3) is 0 Å². The van der Waals surface area contributed by atoms with E-state index in [1.165, 1.54) is 124 Å². The number of hydrogen-bond donors (Lipinski definition) is 12. The van der Waals surface area contributed by atoms with Gasteiger partial charge in [0.15, 0.2) is 0 Å². The maximum atomic E-state index is 13.6. The standard InChI is InChI=1S/C23H34FN3O3.C22H33ClFN3O3.C22H31ClFN3O2.2C21H29ClFN3O2/c1-23(9-4-10-23)27(2)21(28)15-25-19-7-5-16(6-8-19)14-26-22(29)17-11-18(24)13-20(12-17)30-3;1-22(2,14-30-4)27(3)20(28)13-25-19-7-5-15(6-8-19)12-26-21(29)16-9-17(23)11-18(24)10-16;1-22(8-3-9-22)27(2)20(28)14-25-19-6-4-15(5-7-19)13-26-21(29)16-10-17(23)12-18(24)11-16;2*1-21(7-2-8-21)26-19(27)13-24-18-5-3-14(4-6-18)12-25-20(28)15-9-16(22)11-17(23)10-15/h11-13,16,19,25H,4-10,14-15H2,1-3H3,(H,26,29);9-11,15,19,25H,5-8,12-14H2,1-4H3,(H,26,29);10-12,15,19,25H,3-9,13-14H2,1-2H3,(H,26,29);2*9-11,14,18,24H,2-8,12-13H2,1H3,(H,25,28)(H,26,27). The number of rotatable bonds is 38. The second-order valence-corrected chi connectivity index (χ2v) is 45.0. The number of amides is 10. The number of hydrogen-bond acceptors (Lipinski definition) is 17. The molecule has 10 amide bonds. The lowest BCUT2D eigenvalue weighted by Gasteiger charge is -2.46. The van der Waals surface area contributed by atoms with Crippen molar-refractivity contribution in [2.24, 2.45) is 29.6 Å². The Morgan fingerprint density at radius 3 is 0.786 bits per heavy atom. The molecule has 0 bridgehead atoms. The number of carbonyl (C=O) groups is 10. The summed E-state index contributed by atoms with van der Waals surface area (Å²) in [6.07, 6.45) is 33.0. The normalized spacial score (nSPS) is 22.4. The zero-order valence-electron chi connectivity index (χ0n) is 86.5. The number of nitrogens with zero attached hydrogens (tertiary/aromatic N) is 3. The van der Waals surface area contributed by atoms with E-state index in [-0.39, 0.29) is 135 Å². The first-order chi connectivity index (χ1) is 68.8. The third-order valence-electron chi connectivity index (χ3n) is 31.4. The van der Waals surface area contributed by atoms with E-state index in [2.05, 4.69) is 91.5 Å². The molecule has 0 heterocycles. The summed E-state index contributed by atoms with van der Waals surface area (Å²) in [4.78, 5) is 128. The number of ether oxygens (including phenoxy) is 2. The minimum atomic E-state index is -0.523. The van der Waals surface area contributed by atoms with Gasteiger partial charge in [-0.15, -0.1) is 0 Å². The summed E-state index contributed by atoms with van der Waals surface area (Å²) in [6, 6.07) is 21.0. The van der Waals surface area contributed by atoms with Gasteiger partial charge in [-0.1, -0.05) is 46.4 Å². The van der Waals surface area contributed by atoms with Gasteiger partial charge in [-0.2, -0.15) is 0 Å². The van der Waals surface area contributed by atoms with Crippen molar-refractivity contribution in [1.29, 1.82) is 0 Å². The Labute approximate surface area is 873 Å². The summed E-state index contributed by atoms with van der Waals surface area (Å²) in [7, 11) is 8.70. The lowest BCUT2D eigenvalue weighted by Crippen LogP contribution is -2.54. The van der Waals surface area contributed by atoms with Gasteiger partial charge in [-0.3, -0.25) is 47.9 Å². The molecule has 36 heteroatoms. The van der Waals surface area contributed by atoms with E-state index in [0.29, 0.717) is 138 Å². The highest BCUT2D eigenvalue weighted by Crippen LogP contribution is 2.39. The van der Waals surface area contributed by atoms with Crippen LogP contribution in [0.1, 0.15) is 299 Å². The Kier molecular flexibility index (Phi) is 46.2. The predicted molar refractivity (Wildman–Crippen MR) is 559 cm³/mol. The Balaban J connectivity index is 0.000000186. The lowest BCUT2D eigenvalue weighted by molar-refractivity contribution is -0.138. The molecule has 27 nitrogen and oxygen atoms in total. The first kappa shape index (κ1) is 118. The number of likely N-dealkylation sites (N-methyl/N-ethyl adjacent to an activating group) is 3. The molecule has 9 saturated carbocycles. The summed E-state index contributed by atoms with van der Waals surface area (Å²) in [5, 5.41) is 38.4. The molecule has 5 aromatic rings. The average molecular weight is 2110 g/mol. The molecule has 145 heavy (non-hydrogen) atoms. The van der Waals surface area contributed by atoms with Crippen LogP contribution in [0.2, 0.25) is 20.1 Å². The zero-order chi connectivity index (χ0) is 105. The summed E-state index contributed by atoms with van der Waals surface area (Å²) in [5.41, 5.74) is 0.961. The first-order valence-electron chi connectivity index (χ1n) is 52.0. The van der Waals surface area contributed by atoms with Crippen LogP contribution >= 0.6 is 46.4 Å². The van der Waals surface area contributed by atoms with Crippen molar-refractivity contribution in [3.63, 3.8) is 0 Å². The average Bonchev–Trinajstić information content (AvgIpc) is 0.803. The van der Waals surface area contributed by atoms with E-state index in [4.69, 9.17) is 55.9 Å². The molecular formula is C109H156Cl4F5N15O12. The van der Waals surface area contributed by atoms with E-state index in [9.17, 15) is 69.9 Å². The second kappa shape index (κ2) is 56.7. The van der Waals surface area contributed by atoms with Gasteiger partial charge in [0.25, 0.3) is 29.5 Å². The molecule has 9 fully saturated rings. The van der Waals surface area contributed by atoms with Crippen LogP contribution < -0.4 is 68.5 Å². The predicted octanol–water partition coefficient (Wildman–Crippen LogP) is 16.9. The molecule has 0 unspecified atom stereocenters. The topological polar surface area (TPSA) is 343 Å². The molecule has 802 valence electrons. The fourth-order valence-electron chi connectivity index (χ4n) is 20.5. The summed E-state index contributed by atoms with van der Waals surface area (Å²) in [5.74, 6) is -1.25. The van der Waals surface area contributed by atoms with E-state index in [0.717, 1.165) is 180 Å². The lowest BCUT2D eigenvalue weighted by atomic mass is 9.77. The van der Waals surface area contributed by atoms with Crippen LogP contribution in [0.4, 0.5) is 22.0 Å². The molecule has 0 saturated heterocycles. The van der Waals surface area contributed by atoms with Gasteiger partial charge in [-0.05, 0) is 362 Å². The van der Waals surface area contributed by atoms with E-state index >= 15 is 0 Å². The van der Waals surface area contributed by atoms with E-state index in [1.807, 2.05) is 37.7 Å². The van der Waals surface area contributed by atoms with Crippen molar-refractivity contribution in [3.05, 3.63) is 168 Å². The molecule has 14 rings (SSSR count). The molecule has 0 spiro atoms. The van der Waals surface area contributed by atoms with Crippen molar-refractivity contribution >= 4 is 105 Å². The maximum Gasteiger partial charge on any atom is 0.251 e. The maximum absolute atomic E-state index is 13.6. The van der Waals surface area contributed by atoms with Gasteiger partial charge in [0, 0.05) is 167 Å². The minimum absolute atomic E-state index is 0.000523. The number of benzene rings is 5. The first-order valence-corrected chi connectivity index (χ1v) is 53.5. The van der Waals surface area contributed by atoms with Crippen LogP contribution in [0.15, 0.2) is 91.0 Å². The third kappa shape index (κ3) is 38.6. The molecule has 9 aliphatic carbocycles. The molecule has 0 aromatic heterocycles. The quantitative estimate of drug-likeness (QED) is 0.0163. The van der Waals surface area contributed by atoms with Gasteiger partial charge in [0.2, 0.25) is 29.5 Å².